The number of likely N-dealkylation sites (tertiary alicyclic amines) is 1. The molecule has 0 aromatic carbocycles. The smallest absolute Gasteiger partial charge is 0.312 e. The van der Waals surface area contributed by atoms with Crippen LogP contribution in [-0.4, -0.2) is 47.6 Å². The number of thiazole rings is 1. The zero-order chi connectivity index (χ0) is 15.0. The summed E-state index contributed by atoms with van der Waals surface area (Å²) < 4.78 is 0. The van der Waals surface area contributed by atoms with Crippen LogP contribution in [0.4, 0.5) is 5.13 Å². The zero-order valence-electron chi connectivity index (χ0n) is 12.7. The average molecular weight is 309 g/mol. The normalized spacial score (nSPS) is 24.8. The molecule has 2 N–H and O–H groups in total. The topological polar surface area (TPSA) is 65.5 Å². The van der Waals surface area contributed by atoms with E-state index in [0.29, 0.717) is 11.8 Å². The van der Waals surface area contributed by atoms with Gasteiger partial charge in [-0.3, -0.25) is 4.79 Å². The second-order valence-electron chi connectivity index (χ2n) is 6.72. The molecule has 1 aliphatic heterocycles. The number of carboxylic acid groups (broad SMARTS) is 1. The lowest BCUT2D eigenvalue weighted by Gasteiger charge is -2.37. The van der Waals surface area contributed by atoms with E-state index in [-0.39, 0.29) is 0 Å². The summed E-state index contributed by atoms with van der Waals surface area (Å²) in [6.45, 7) is 5.54. The number of rotatable bonds is 4. The number of nitrogens with zero attached hydrogens (tertiary/aromatic N) is 2. The van der Waals surface area contributed by atoms with E-state index < -0.39 is 11.9 Å². The summed E-state index contributed by atoms with van der Waals surface area (Å²) in [7, 11) is 2.17. The average Bonchev–Trinajstić information content (AvgIpc) is 2.99. The lowest BCUT2D eigenvalue weighted by atomic mass is 9.80. The first-order chi connectivity index (χ1) is 9.97. The van der Waals surface area contributed by atoms with E-state index in [2.05, 4.69) is 29.2 Å². The number of aliphatic carboxylic acids is 1. The van der Waals surface area contributed by atoms with E-state index in [1.165, 1.54) is 12.8 Å². The molecule has 0 bridgehead atoms. The van der Waals surface area contributed by atoms with Crippen LogP contribution in [0.2, 0.25) is 0 Å². The van der Waals surface area contributed by atoms with Crippen molar-refractivity contribution in [1.29, 1.82) is 0 Å². The van der Waals surface area contributed by atoms with Crippen molar-refractivity contribution >= 4 is 22.4 Å². The molecule has 1 aliphatic carbocycles. The molecule has 1 atom stereocenters. The second-order valence-corrected chi connectivity index (χ2v) is 7.81. The van der Waals surface area contributed by atoms with Gasteiger partial charge in [0.1, 0.15) is 5.92 Å². The quantitative estimate of drug-likeness (QED) is 0.894. The maximum absolute atomic E-state index is 11.2. The summed E-state index contributed by atoms with van der Waals surface area (Å²) in [5, 5.41) is 13.6. The summed E-state index contributed by atoms with van der Waals surface area (Å²) in [6.07, 6.45) is 3.94. The van der Waals surface area contributed by atoms with Gasteiger partial charge in [0.25, 0.3) is 0 Å². The Kier molecular flexibility index (Phi) is 3.92. The number of anilines is 1. The fraction of sp³-hybridized carbons (Fsp3) is 0.733. The molecule has 21 heavy (non-hydrogen) atoms. The van der Waals surface area contributed by atoms with Gasteiger partial charge in [-0.25, -0.2) is 4.98 Å². The van der Waals surface area contributed by atoms with Crippen molar-refractivity contribution in [3.05, 3.63) is 10.6 Å². The number of carbonyl (C=O) groups is 1. The minimum Gasteiger partial charge on any atom is -0.481 e. The van der Waals surface area contributed by atoms with Gasteiger partial charge in [-0.15, -0.1) is 11.3 Å². The van der Waals surface area contributed by atoms with Crippen molar-refractivity contribution in [1.82, 2.24) is 9.88 Å². The van der Waals surface area contributed by atoms with Gasteiger partial charge in [0.2, 0.25) is 0 Å². The summed E-state index contributed by atoms with van der Waals surface area (Å²) in [5.74, 6) is -1.14. The van der Waals surface area contributed by atoms with Gasteiger partial charge >= 0.3 is 5.97 Å². The summed E-state index contributed by atoms with van der Waals surface area (Å²) >= 11 is 1.64. The fourth-order valence-corrected chi connectivity index (χ4v) is 4.20. The summed E-state index contributed by atoms with van der Waals surface area (Å²) in [4.78, 5) is 19.3. The molecule has 2 heterocycles. The van der Waals surface area contributed by atoms with Crippen LogP contribution in [0.5, 0.6) is 0 Å². The van der Waals surface area contributed by atoms with Crippen LogP contribution >= 0.6 is 11.3 Å². The maximum atomic E-state index is 11.2. The standard InChI is InChI=1S/C15H23N3O2S/c1-15(5-7-18(2)8-6-15)9-16-14-17-12-10(13(19)20)3-4-11(12)21-14/h10H,3-9H2,1-2H3,(H,16,17)(H,19,20). The van der Waals surface area contributed by atoms with Crippen LogP contribution in [0.1, 0.15) is 42.7 Å². The third-order valence-electron chi connectivity index (χ3n) is 4.88. The number of hydrogen-bond donors (Lipinski definition) is 2. The Balaban J connectivity index is 1.62. The summed E-state index contributed by atoms with van der Waals surface area (Å²) in [6, 6.07) is 0. The number of aromatic nitrogens is 1. The number of hydrogen-bond acceptors (Lipinski definition) is 5. The van der Waals surface area contributed by atoms with E-state index in [0.717, 1.165) is 41.8 Å². The lowest BCUT2D eigenvalue weighted by molar-refractivity contribution is -0.138. The number of fused-ring (bicyclic) bond motifs is 1. The Hall–Kier alpha value is -1.14. The van der Waals surface area contributed by atoms with Crippen molar-refractivity contribution < 1.29 is 9.90 Å². The molecule has 0 amide bonds. The molecule has 1 unspecified atom stereocenters. The molecule has 1 aromatic heterocycles. The highest BCUT2D eigenvalue weighted by Crippen LogP contribution is 2.39. The third kappa shape index (κ3) is 3.06. The largest absolute Gasteiger partial charge is 0.481 e. The van der Waals surface area contributed by atoms with Crippen molar-refractivity contribution in [3.8, 4) is 0 Å². The Morgan fingerprint density at radius 2 is 2.24 bits per heavy atom. The highest BCUT2D eigenvalue weighted by Gasteiger charge is 2.33. The van der Waals surface area contributed by atoms with E-state index in [1.807, 2.05) is 0 Å². The van der Waals surface area contributed by atoms with Gasteiger partial charge < -0.3 is 15.3 Å². The molecule has 5 nitrogen and oxygen atoms in total. The number of piperidine rings is 1. The molecule has 116 valence electrons. The van der Waals surface area contributed by atoms with Gasteiger partial charge in [-0.2, -0.15) is 0 Å². The molecule has 0 radical (unpaired) electrons. The van der Waals surface area contributed by atoms with Crippen LogP contribution in [0.15, 0.2) is 0 Å². The van der Waals surface area contributed by atoms with E-state index >= 15 is 0 Å². The van der Waals surface area contributed by atoms with Crippen molar-refractivity contribution in [2.75, 3.05) is 32.0 Å². The Morgan fingerprint density at radius 1 is 1.52 bits per heavy atom. The van der Waals surface area contributed by atoms with Crippen LogP contribution < -0.4 is 5.32 Å². The predicted molar refractivity (Wildman–Crippen MR) is 84.1 cm³/mol. The third-order valence-corrected chi connectivity index (χ3v) is 5.96. The molecule has 0 spiro atoms. The molecule has 0 saturated carbocycles. The molecule has 6 heteroatoms. The zero-order valence-corrected chi connectivity index (χ0v) is 13.5. The van der Waals surface area contributed by atoms with Crippen molar-refractivity contribution in [3.63, 3.8) is 0 Å². The van der Waals surface area contributed by atoms with Crippen molar-refractivity contribution in [2.45, 2.75) is 38.5 Å². The molecule has 3 rings (SSSR count). The molecular formula is C15H23N3O2S. The minimum absolute atomic E-state index is 0.314. The van der Waals surface area contributed by atoms with Crippen LogP contribution in [-0.2, 0) is 11.2 Å². The van der Waals surface area contributed by atoms with Crippen LogP contribution in [0.25, 0.3) is 0 Å². The number of aryl methyl sites for hydroxylation is 1. The Bertz CT molecular complexity index is 535. The van der Waals surface area contributed by atoms with Gasteiger partial charge in [0, 0.05) is 11.4 Å². The first-order valence-electron chi connectivity index (χ1n) is 7.62. The molecular weight excluding hydrogens is 286 g/mol. The number of carboxylic acids is 1. The van der Waals surface area contributed by atoms with E-state index in [4.69, 9.17) is 0 Å². The van der Waals surface area contributed by atoms with Gasteiger partial charge in [0.05, 0.1) is 5.69 Å². The number of nitrogens with one attached hydrogen (secondary N) is 1. The monoisotopic (exact) mass is 309 g/mol. The highest BCUT2D eigenvalue weighted by molar-refractivity contribution is 7.15. The molecule has 1 saturated heterocycles. The Morgan fingerprint density at radius 3 is 2.90 bits per heavy atom. The van der Waals surface area contributed by atoms with E-state index in [1.54, 1.807) is 11.3 Å². The van der Waals surface area contributed by atoms with E-state index in [9.17, 15) is 9.90 Å². The summed E-state index contributed by atoms with van der Waals surface area (Å²) in [5.41, 5.74) is 1.11. The lowest BCUT2D eigenvalue weighted by Crippen LogP contribution is -2.40. The predicted octanol–water partition coefficient (Wildman–Crippen LogP) is 2.40. The van der Waals surface area contributed by atoms with Gasteiger partial charge in [-0.1, -0.05) is 6.92 Å². The second kappa shape index (κ2) is 5.57. The van der Waals surface area contributed by atoms with Gasteiger partial charge in [-0.05, 0) is 51.2 Å². The van der Waals surface area contributed by atoms with Crippen molar-refractivity contribution in [2.24, 2.45) is 5.41 Å². The Labute approximate surface area is 129 Å². The molecule has 1 fully saturated rings. The van der Waals surface area contributed by atoms with Crippen LogP contribution in [0, 0.1) is 5.41 Å². The first kappa shape index (κ1) is 14.8. The van der Waals surface area contributed by atoms with Crippen LogP contribution in [0.3, 0.4) is 0 Å². The highest BCUT2D eigenvalue weighted by atomic mass is 32.1. The minimum atomic E-state index is -0.743. The molecule has 1 aromatic rings. The van der Waals surface area contributed by atoms with Gasteiger partial charge in [0.15, 0.2) is 5.13 Å². The molecule has 2 aliphatic rings. The first-order valence-corrected chi connectivity index (χ1v) is 8.43. The SMILES string of the molecule is CN1CCC(C)(CNc2nc3c(s2)CCC3C(=O)O)CC1. The fourth-order valence-electron chi connectivity index (χ4n) is 3.17. The maximum Gasteiger partial charge on any atom is 0.312 e.